The smallest absolute Gasteiger partial charge is 0.263 e. The van der Waals surface area contributed by atoms with E-state index in [1.54, 1.807) is 12.0 Å². The van der Waals surface area contributed by atoms with Crippen molar-refractivity contribution in [3.63, 3.8) is 0 Å². The summed E-state index contributed by atoms with van der Waals surface area (Å²) in [5.41, 5.74) is 5.67. The van der Waals surface area contributed by atoms with Crippen LogP contribution in [-0.2, 0) is 28.7 Å². The van der Waals surface area contributed by atoms with Gasteiger partial charge in [0.25, 0.3) is 5.91 Å². The van der Waals surface area contributed by atoms with Crippen molar-refractivity contribution in [3.05, 3.63) is 24.3 Å². The molecule has 9 nitrogen and oxygen atoms in total. The molecule has 0 fully saturated rings. The number of amides is 2. The molecule has 0 aromatic heterocycles. The minimum absolute atomic E-state index is 0.000886. The number of ether oxygens (including phenoxy) is 2. The molecule has 7 atom stereocenters. The van der Waals surface area contributed by atoms with Gasteiger partial charge in [-0.15, -0.1) is 0 Å². The molecule has 38 heavy (non-hydrogen) atoms. The second kappa shape index (κ2) is 17.7. The Kier molecular flexibility index (Phi) is 16.0. The van der Waals surface area contributed by atoms with Gasteiger partial charge in [-0.1, -0.05) is 52.0 Å². The fourth-order valence-electron chi connectivity index (χ4n) is 3.93. The van der Waals surface area contributed by atoms with E-state index in [2.05, 4.69) is 26.0 Å². The molecule has 2 aliphatic heterocycles. The first kappa shape index (κ1) is 34.2. The molecule has 2 aliphatic rings. The number of carbonyl (C=O) groups excluding carboxylic acids is 2. The third-order valence-corrected chi connectivity index (χ3v) is 6.49. The van der Waals surface area contributed by atoms with Crippen molar-refractivity contribution < 1.29 is 28.7 Å². The Hall–Kier alpha value is -1.78. The molecule has 0 aromatic carbocycles. The van der Waals surface area contributed by atoms with Crippen LogP contribution in [0.15, 0.2) is 24.3 Å². The van der Waals surface area contributed by atoms with Gasteiger partial charge in [0.05, 0.1) is 31.3 Å². The quantitative estimate of drug-likeness (QED) is 0.413. The lowest BCUT2D eigenvalue weighted by atomic mass is 10.1. The predicted octanol–water partition coefficient (Wildman–Crippen LogP) is 4.28. The fraction of sp³-hybridized carbons (Fsp3) is 0.793. The minimum Gasteiger partial charge on any atom is -0.381 e. The third-order valence-electron chi connectivity index (χ3n) is 6.49. The van der Waals surface area contributed by atoms with Gasteiger partial charge in [0.15, 0.2) is 0 Å². The van der Waals surface area contributed by atoms with E-state index in [1.165, 1.54) is 5.06 Å². The molecule has 0 aromatic rings. The van der Waals surface area contributed by atoms with Crippen LogP contribution in [0.4, 0.5) is 0 Å². The molecule has 0 radical (unpaired) electrons. The Morgan fingerprint density at radius 2 is 1.21 bits per heavy atom. The molecule has 2 amide bonds. The summed E-state index contributed by atoms with van der Waals surface area (Å²) in [5.74, 6) is 0.229. The Morgan fingerprint density at radius 3 is 1.55 bits per heavy atom. The van der Waals surface area contributed by atoms with Crippen molar-refractivity contribution in [1.29, 1.82) is 0 Å². The number of hydrogen-bond donors (Lipinski definition) is 1. The van der Waals surface area contributed by atoms with Crippen molar-refractivity contribution in [2.75, 3.05) is 26.4 Å². The average Bonchev–Trinajstić information content (AvgIpc) is 3.20. The molecule has 2 N–H and O–H groups in total. The number of nitrogens with zero attached hydrogens (tertiary/aromatic N) is 2. The van der Waals surface area contributed by atoms with Crippen LogP contribution >= 0.6 is 0 Å². The van der Waals surface area contributed by atoms with Gasteiger partial charge < -0.3 is 15.2 Å². The van der Waals surface area contributed by atoms with Crippen molar-refractivity contribution in [2.24, 2.45) is 23.5 Å². The lowest BCUT2D eigenvalue weighted by Gasteiger charge is -2.31. The Balaban J connectivity index is 0.000000380. The molecule has 2 heterocycles. The van der Waals surface area contributed by atoms with Crippen molar-refractivity contribution >= 4 is 11.8 Å². The lowest BCUT2D eigenvalue weighted by Crippen LogP contribution is -2.48. The normalized spacial score (nSPS) is 26.2. The molecule has 0 aliphatic carbocycles. The van der Waals surface area contributed by atoms with E-state index < -0.39 is 6.04 Å². The molecule has 0 unspecified atom stereocenters. The summed E-state index contributed by atoms with van der Waals surface area (Å²) >= 11 is 0. The summed E-state index contributed by atoms with van der Waals surface area (Å²) < 4.78 is 10.9. The van der Waals surface area contributed by atoms with Gasteiger partial charge in [-0.25, -0.2) is 10.1 Å². The zero-order chi connectivity index (χ0) is 28.8. The zero-order valence-corrected chi connectivity index (χ0v) is 25.1. The molecule has 220 valence electrons. The first-order valence-corrected chi connectivity index (χ1v) is 14.2. The second-order valence-electron chi connectivity index (χ2n) is 10.7. The second-order valence-corrected chi connectivity index (χ2v) is 10.7. The van der Waals surface area contributed by atoms with E-state index in [1.807, 2.05) is 53.7 Å². The van der Waals surface area contributed by atoms with E-state index in [9.17, 15) is 9.59 Å². The number of carbonyl (C=O) groups is 2. The Morgan fingerprint density at radius 1 is 0.816 bits per heavy atom. The number of hydrogen-bond acceptors (Lipinski definition) is 7. The topological polar surface area (TPSA) is 104 Å². The van der Waals surface area contributed by atoms with Gasteiger partial charge in [0.1, 0.15) is 12.2 Å². The highest BCUT2D eigenvalue weighted by Gasteiger charge is 2.31. The number of nitrogens with two attached hydrogens (primary N) is 1. The standard InChI is InChI=1S/C15H27NO3.C14H26N2O3/c1-6-18-10-12(4)14-9-7-8-13(5)16(19-14)15(17)11(2)3;1-5-18-9-10(2)13-8-6-7-11(3)16(19-13)14(17)12(4)15/h7,9,11-14H,6,8,10H2,1-5H3;6,8,10-13H,5,7,9,15H2,1-4H3/t12-,13-,14+;10-,11-,12+,13+/m11/s1. The summed E-state index contributed by atoms with van der Waals surface area (Å²) in [6.07, 6.45) is 9.57. The zero-order valence-electron chi connectivity index (χ0n) is 25.1. The van der Waals surface area contributed by atoms with Gasteiger partial charge in [0, 0.05) is 31.0 Å². The highest BCUT2D eigenvalue weighted by Crippen LogP contribution is 2.22. The molecule has 9 heteroatoms. The first-order chi connectivity index (χ1) is 17.9. The predicted molar refractivity (Wildman–Crippen MR) is 150 cm³/mol. The summed E-state index contributed by atoms with van der Waals surface area (Å²) in [6.45, 7) is 20.2. The molecule has 0 spiro atoms. The van der Waals surface area contributed by atoms with Crippen LogP contribution in [0.3, 0.4) is 0 Å². The van der Waals surface area contributed by atoms with Crippen LogP contribution < -0.4 is 5.73 Å². The van der Waals surface area contributed by atoms with Crippen molar-refractivity contribution in [3.8, 4) is 0 Å². The van der Waals surface area contributed by atoms with Crippen LogP contribution in [0.25, 0.3) is 0 Å². The molecule has 2 rings (SSSR count). The van der Waals surface area contributed by atoms with Crippen LogP contribution in [-0.4, -0.2) is 78.7 Å². The number of rotatable bonds is 10. The molecular weight excluding hydrogens is 486 g/mol. The fourth-order valence-corrected chi connectivity index (χ4v) is 3.93. The van der Waals surface area contributed by atoms with E-state index in [0.717, 1.165) is 12.8 Å². The van der Waals surface area contributed by atoms with Crippen LogP contribution in [0.2, 0.25) is 0 Å². The first-order valence-electron chi connectivity index (χ1n) is 14.2. The monoisotopic (exact) mass is 539 g/mol. The Labute approximate surface area is 230 Å². The molecule has 0 bridgehead atoms. The maximum absolute atomic E-state index is 12.2. The Bertz CT molecular complexity index is 695. The SMILES string of the molecule is CCOC[C@@H](C)[C@@H]1C=CC[C@@H](C)N(C(=O)C(C)C)O1.CCOC[C@@H](C)[C@@H]1C=CC[C@@H](C)N(C(=O)[C@H](C)N)O1. The van der Waals surface area contributed by atoms with Crippen LogP contribution in [0.5, 0.6) is 0 Å². The van der Waals surface area contributed by atoms with Crippen LogP contribution in [0.1, 0.15) is 75.2 Å². The van der Waals surface area contributed by atoms with Gasteiger partial charge >= 0.3 is 0 Å². The van der Waals surface area contributed by atoms with E-state index in [0.29, 0.717) is 26.4 Å². The van der Waals surface area contributed by atoms with E-state index >= 15 is 0 Å². The average molecular weight is 540 g/mol. The molecule has 0 saturated heterocycles. The third kappa shape index (κ3) is 11.1. The highest BCUT2D eigenvalue weighted by molar-refractivity contribution is 5.80. The van der Waals surface area contributed by atoms with Crippen molar-refractivity contribution in [1.82, 2.24) is 10.1 Å². The number of hydroxylamine groups is 4. The summed E-state index contributed by atoms with van der Waals surface area (Å²) in [6, 6.07) is -0.474. The van der Waals surface area contributed by atoms with Crippen LogP contribution in [0, 0.1) is 17.8 Å². The maximum atomic E-state index is 12.2. The van der Waals surface area contributed by atoms with Gasteiger partial charge in [0.2, 0.25) is 5.91 Å². The van der Waals surface area contributed by atoms with Gasteiger partial charge in [-0.3, -0.25) is 19.3 Å². The van der Waals surface area contributed by atoms with Gasteiger partial charge in [-0.2, -0.15) is 0 Å². The highest BCUT2D eigenvalue weighted by atomic mass is 16.7. The summed E-state index contributed by atoms with van der Waals surface area (Å²) in [4.78, 5) is 36.0. The lowest BCUT2D eigenvalue weighted by molar-refractivity contribution is -0.221. The summed E-state index contributed by atoms with van der Waals surface area (Å²) in [5, 5.41) is 2.98. The van der Waals surface area contributed by atoms with Gasteiger partial charge in [-0.05, 0) is 47.5 Å². The molecule has 0 saturated carbocycles. The van der Waals surface area contributed by atoms with E-state index in [4.69, 9.17) is 24.9 Å². The molecular formula is C29H53N3O6. The van der Waals surface area contributed by atoms with E-state index in [-0.39, 0.29) is 53.9 Å². The minimum atomic E-state index is -0.552. The van der Waals surface area contributed by atoms with Crippen molar-refractivity contribution in [2.45, 2.75) is 105 Å². The maximum Gasteiger partial charge on any atom is 0.263 e. The summed E-state index contributed by atoms with van der Waals surface area (Å²) in [7, 11) is 0. The largest absolute Gasteiger partial charge is 0.381 e.